The second kappa shape index (κ2) is 6.38. The van der Waals surface area contributed by atoms with Crippen molar-refractivity contribution in [2.45, 2.75) is 19.4 Å². The van der Waals surface area contributed by atoms with Crippen molar-refractivity contribution in [3.8, 4) is 0 Å². The van der Waals surface area contributed by atoms with E-state index >= 15 is 0 Å². The molecule has 1 unspecified atom stereocenters. The molecule has 0 bridgehead atoms. The van der Waals surface area contributed by atoms with Gasteiger partial charge in [0.1, 0.15) is 0 Å². The predicted octanol–water partition coefficient (Wildman–Crippen LogP) is 4.20. The predicted molar refractivity (Wildman–Crippen MR) is 80.9 cm³/mol. The van der Waals surface area contributed by atoms with E-state index in [1.54, 1.807) is 0 Å². The van der Waals surface area contributed by atoms with Crippen molar-refractivity contribution in [2.75, 3.05) is 7.05 Å². The molecule has 2 aromatic rings. The molecule has 100 valence electrons. The summed E-state index contributed by atoms with van der Waals surface area (Å²) in [5, 5.41) is 4.51. The van der Waals surface area contributed by atoms with E-state index in [1.807, 2.05) is 44.4 Å². The molecule has 0 radical (unpaired) electrons. The van der Waals surface area contributed by atoms with Crippen LogP contribution in [0.15, 0.2) is 36.5 Å². The number of nitrogens with one attached hydrogen (secondary N) is 1. The van der Waals surface area contributed by atoms with E-state index < -0.39 is 0 Å². The first-order chi connectivity index (χ1) is 9.11. The number of aryl methyl sites for hydroxylation is 1. The third-order valence-corrected chi connectivity index (χ3v) is 3.93. The molecular weight excluding hydrogens is 279 g/mol. The van der Waals surface area contributed by atoms with Gasteiger partial charge in [-0.3, -0.25) is 4.98 Å². The van der Waals surface area contributed by atoms with Crippen LogP contribution in [0.3, 0.4) is 0 Å². The molecule has 1 aromatic heterocycles. The summed E-state index contributed by atoms with van der Waals surface area (Å²) in [5.41, 5.74) is 3.40. The molecule has 4 heteroatoms. The Kier molecular flexibility index (Phi) is 4.81. The van der Waals surface area contributed by atoms with Gasteiger partial charge in [0.15, 0.2) is 0 Å². The lowest BCUT2D eigenvalue weighted by molar-refractivity contribution is 0.586. The molecule has 1 heterocycles. The van der Waals surface area contributed by atoms with Crippen LogP contribution >= 0.6 is 23.2 Å². The molecule has 0 amide bonds. The molecule has 19 heavy (non-hydrogen) atoms. The Morgan fingerprint density at radius 1 is 1.21 bits per heavy atom. The van der Waals surface area contributed by atoms with Crippen molar-refractivity contribution in [3.05, 3.63) is 63.4 Å². The molecule has 0 aliphatic carbocycles. The van der Waals surface area contributed by atoms with Crippen LogP contribution in [-0.4, -0.2) is 12.0 Å². The Labute approximate surface area is 123 Å². The fourth-order valence-corrected chi connectivity index (χ4v) is 2.46. The van der Waals surface area contributed by atoms with Crippen LogP contribution in [0, 0.1) is 6.92 Å². The minimum Gasteiger partial charge on any atom is -0.313 e. The number of benzene rings is 1. The summed E-state index contributed by atoms with van der Waals surface area (Å²) < 4.78 is 0. The van der Waals surface area contributed by atoms with Crippen molar-refractivity contribution in [1.82, 2.24) is 10.3 Å². The molecule has 2 rings (SSSR count). The fraction of sp³-hybridized carbons (Fsp3) is 0.267. The van der Waals surface area contributed by atoms with Crippen molar-refractivity contribution in [3.63, 3.8) is 0 Å². The van der Waals surface area contributed by atoms with Gasteiger partial charge in [-0.05, 0) is 49.7 Å². The zero-order valence-electron chi connectivity index (χ0n) is 11.0. The van der Waals surface area contributed by atoms with Crippen LogP contribution < -0.4 is 5.32 Å². The van der Waals surface area contributed by atoms with Crippen molar-refractivity contribution in [2.24, 2.45) is 0 Å². The van der Waals surface area contributed by atoms with E-state index in [2.05, 4.69) is 16.4 Å². The smallest absolute Gasteiger partial charge is 0.0595 e. The highest BCUT2D eigenvalue weighted by Gasteiger charge is 2.13. The Hall–Kier alpha value is -1.09. The summed E-state index contributed by atoms with van der Waals surface area (Å²) in [4.78, 5) is 4.33. The standard InChI is InChI=1S/C15H16Cl2N2/c1-10-12(4-3-7-19-10)15(18-2)9-11-5-6-13(16)14(17)8-11/h3-8,15,18H,9H2,1-2H3. The summed E-state index contributed by atoms with van der Waals surface area (Å²) in [6.45, 7) is 2.02. The molecular formula is C15H16Cl2N2. The van der Waals surface area contributed by atoms with Crippen LogP contribution in [0.4, 0.5) is 0 Å². The largest absolute Gasteiger partial charge is 0.313 e. The molecule has 0 aliphatic heterocycles. The summed E-state index contributed by atoms with van der Waals surface area (Å²) in [6, 6.07) is 10.0. The second-order valence-corrected chi connectivity index (χ2v) is 5.29. The third kappa shape index (κ3) is 3.47. The Morgan fingerprint density at radius 2 is 2.00 bits per heavy atom. The zero-order chi connectivity index (χ0) is 13.8. The number of nitrogens with zero attached hydrogens (tertiary/aromatic N) is 1. The van der Waals surface area contributed by atoms with Gasteiger partial charge in [-0.1, -0.05) is 35.3 Å². The lowest BCUT2D eigenvalue weighted by atomic mass is 9.98. The van der Waals surface area contributed by atoms with Crippen molar-refractivity contribution < 1.29 is 0 Å². The van der Waals surface area contributed by atoms with Gasteiger partial charge in [-0.15, -0.1) is 0 Å². The number of likely N-dealkylation sites (N-methyl/N-ethyl adjacent to an activating group) is 1. The summed E-state index contributed by atoms with van der Waals surface area (Å²) in [5.74, 6) is 0. The number of pyridine rings is 1. The van der Waals surface area contributed by atoms with Crippen molar-refractivity contribution >= 4 is 23.2 Å². The van der Waals surface area contributed by atoms with Crippen LogP contribution in [0.25, 0.3) is 0 Å². The normalized spacial score (nSPS) is 12.4. The molecule has 0 fully saturated rings. The lowest BCUT2D eigenvalue weighted by Gasteiger charge is -2.18. The SMILES string of the molecule is CNC(Cc1ccc(Cl)c(Cl)c1)c1cccnc1C. The van der Waals surface area contributed by atoms with Gasteiger partial charge < -0.3 is 5.32 Å². The van der Waals surface area contributed by atoms with E-state index in [0.717, 1.165) is 17.7 Å². The monoisotopic (exact) mass is 294 g/mol. The topological polar surface area (TPSA) is 24.9 Å². The summed E-state index contributed by atoms with van der Waals surface area (Å²) in [6.07, 6.45) is 2.66. The van der Waals surface area contributed by atoms with Crippen LogP contribution in [-0.2, 0) is 6.42 Å². The van der Waals surface area contributed by atoms with E-state index in [4.69, 9.17) is 23.2 Å². The minimum atomic E-state index is 0.214. The molecule has 0 spiro atoms. The molecule has 1 atom stereocenters. The molecule has 0 saturated carbocycles. The quantitative estimate of drug-likeness (QED) is 0.914. The van der Waals surface area contributed by atoms with Crippen LogP contribution in [0.2, 0.25) is 10.0 Å². The highest BCUT2D eigenvalue weighted by molar-refractivity contribution is 6.42. The van der Waals surface area contributed by atoms with Crippen LogP contribution in [0.5, 0.6) is 0 Å². The van der Waals surface area contributed by atoms with E-state index in [-0.39, 0.29) is 6.04 Å². The van der Waals surface area contributed by atoms with Crippen molar-refractivity contribution in [1.29, 1.82) is 0 Å². The van der Waals surface area contributed by atoms with Gasteiger partial charge in [0.05, 0.1) is 10.0 Å². The summed E-state index contributed by atoms with van der Waals surface area (Å²) in [7, 11) is 1.95. The molecule has 0 saturated heterocycles. The number of hydrogen-bond acceptors (Lipinski definition) is 2. The average Bonchev–Trinajstić information content (AvgIpc) is 2.41. The maximum absolute atomic E-state index is 6.05. The fourth-order valence-electron chi connectivity index (χ4n) is 2.13. The Morgan fingerprint density at radius 3 is 2.63 bits per heavy atom. The molecule has 2 nitrogen and oxygen atoms in total. The van der Waals surface area contributed by atoms with E-state index in [0.29, 0.717) is 10.0 Å². The van der Waals surface area contributed by atoms with Gasteiger partial charge >= 0.3 is 0 Å². The first-order valence-electron chi connectivity index (χ1n) is 6.14. The maximum Gasteiger partial charge on any atom is 0.0595 e. The Balaban J connectivity index is 2.24. The van der Waals surface area contributed by atoms with E-state index in [9.17, 15) is 0 Å². The molecule has 0 aliphatic rings. The first-order valence-corrected chi connectivity index (χ1v) is 6.90. The Bertz CT molecular complexity index is 570. The lowest BCUT2D eigenvalue weighted by Crippen LogP contribution is -2.20. The van der Waals surface area contributed by atoms with Gasteiger partial charge in [0, 0.05) is 17.9 Å². The van der Waals surface area contributed by atoms with Gasteiger partial charge in [-0.2, -0.15) is 0 Å². The first kappa shape index (κ1) is 14.3. The molecule has 1 aromatic carbocycles. The summed E-state index contributed by atoms with van der Waals surface area (Å²) >= 11 is 12.0. The van der Waals surface area contributed by atoms with E-state index in [1.165, 1.54) is 5.56 Å². The number of hydrogen-bond donors (Lipinski definition) is 1. The highest BCUT2D eigenvalue weighted by Crippen LogP contribution is 2.26. The molecule has 1 N–H and O–H groups in total. The van der Waals surface area contributed by atoms with Gasteiger partial charge in [-0.25, -0.2) is 0 Å². The van der Waals surface area contributed by atoms with Gasteiger partial charge in [0.25, 0.3) is 0 Å². The zero-order valence-corrected chi connectivity index (χ0v) is 12.5. The second-order valence-electron chi connectivity index (χ2n) is 4.47. The number of rotatable bonds is 4. The highest BCUT2D eigenvalue weighted by atomic mass is 35.5. The number of halogens is 2. The average molecular weight is 295 g/mol. The third-order valence-electron chi connectivity index (χ3n) is 3.20. The maximum atomic E-state index is 6.05. The number of aromatic nitrogens is 1. The minimum absolute atomic E-state index is 0.214. The van der Waals surface area contributed by atoms with Gasteiger partial charge in [0.2, 0.25) is 0 Å². The van der Waals surface area contributed by atoms with Crippen LogP contribution in [0.1, 0.15) is 22.9 Å².